The highest BCUT2D eigenvalue weighted by molar-refractivity contribution is 5.86. The summed E-state index contributed by atoms with van der Waals surface area (Å²) in [6.07, 6.45) is 11.3. The molecule has 2 aliphatic carbocycles. The lowest BCUT2D eigenvalue weighted by atomic mass is 9.81. The van der Waals surface area contributed by atoms with Crippen LogP contribution in [0.15, 0.2) is 12.2 Å². The van der Waals surface area contributed by atoms with E-state index in [1.807, 2.05) is 0 Å². The highest BCUT2D eigenvalue weighted by atomic mass is 16.2. The Kier molecular flexibility index (Phi) is 3.10. The minimum Gasteiger partial charge on any atom is -0.351 e. The molecule has 0 atom stereocenters. The van der Waals surface area contributed by atoms with Crippen molar-refractivity contribution in [2.24, 2.45) is 5.73 Å². The van der Waals surface area contributed by atoms with Crippen molar-refractivity contribution < 1.29 is 4.79 Å². The Balaban J connectivity index is 1.88. The Morgan fingerprint density at radius 1 is 1.20 bits per heavy atom. The van der Waals surface area contributed by atoms with Gasteiger partial charge in [-0.15, -0.1) is 0 Å². The molecule has 0 unspecified atom stereocenters. The van der Waals surface area contributed by atoms with Gasteiger partial charge in [0.2, 0.25) is 5.91 Å². The molecule has 0 aromatic heterocycles. The molecule has 0 bridgehead atoms. The first-order valence-electron chi connectivity index (χ1n) is 5.95. The van der Waals surface area contributed by atoms with E-state index in [2.05, 4.69) is 17.5 Å². The summed E-state index contributed by atoms with van der Waals surface area (Å²) in [5, 5.41) is 3.06. The Hall–Kier alpha value is -0.830. The van der Waals surface area contributed by atoms with Crippen molar-refractivity contribution in [1.82, 2.24) is 5.32 Å². The predicted molar refractivity (Wildman–Crippen MR) is 60.3 cm³/mol. The van der Waals surface area contributed by atoms with E-state index in [1.165, 1.54) is 6.42 Å². The van der Waals surface area contributed by atoms with E-state index < -0.39 is 5.54 Å². The second-order valence-corrected chi connectivity index (χ2v) is 4.83. The number of hydrogen-bond acceptors (Lipinski definition) is 2. The molecule has 1 fully saturated rings. The third-order valence-corrected chi connectivity index (χ3v) is 3.54. The zero-order chi connectivity index (χ0) is 10.7. The Bertz CT molecular complexity index is 259. The van der Waals surface area contributed by atoms with E-state index in [4.69, 9.17) is 5.73 Å². The van der Waals surface area contributed by atoms with Crippen LogP contribution in [0.4, 0.5) is 0 Å². The van der Waals surface area contributed by atoms with Gasteiger partial charge in [-0.2, -0.15) is 0 Å². The summed E-state index contributed by atoms with van der Waals surface area (Å²) in [6, 6.07) is 0.292. The maximum Gasteiger partial charge on any atom is 0.240 e. The lowest BCUT2D eigenvalue weighted by molar-refractivity contribution is -0.128. The fraction of sp³-hybridized carbons (Fsp3) is 0.750. The summed E-state index contributed by atoms with van der Waals surface area (Å²) < 4.78 is 0. The van der Waals surface area contributed by atoms with Gasteiger partial charge in [-0.25, -0.2) is 0 Å². The number of carbonyl (C=O) groups excluding carboxylic acids is 1. The summed E-state index contributed by atoms with van der Waals surface area (Å²) in [4.78, 5) is 12.0. The van der Waals surface area contributed by atoms with Gasteiger partial charge >= 0.3 is 0 Å². The first-order valence-corrected chi connectivity index (χ1v) is 5.95. The van der Waals surface area contributed by atoms with E-state index in [9.17, 15) is 4.79 Å². The van der Waals surface area contributed by atoms with Crippen LogP contribution in [0.25, 0.3) is 0 Å². The smallest absolute Gasteiger partial charge is 0.240 e. The van der Waals surface area contributed by atoms with Crippen molar-refractivity contribution in [3.8, 4) is 0 Å². The monoisotopic (exact) mass is 208 g/mol. The van der Waals surface area contributed by atoms with Crippen LogP contribution >= 0.6 is 0 Å². The maximum absolute atomic E-state index is 12.0. The number of carbonyl (C=O) groups is 1. The van der Waals surface area contributed by atoms with Gasteiger partial charge < -0.3 is 11.1 Å². The van der Waals surface area contributed by atoms with Crippen molar-refractivity contribution in [1.29, 1.82) is 0 Å². The van der Waals surface area contributed by atoms with E-state index >= 15 is 0 Å². The predicted octanol–water partition coefficient (Wildman–Crippen LogP) is 1.48. The average molecular weight is 208 g/mol. The number of nitrogens with two attached hydrogens (primary N) is 1. The Morgan fingerprint density at radius 2 is 1.80 bits per heavy atom. The molecular formula is C12H20N2O. The standard InChI is InChI=1S/C12H20N2O/c13-12(8-4-1-5-9-12)11(15)14-10-6-2-3-7-10/h2-3,10H,1,4-9,13H2,(H,14,15). The fourth-order valence-corrected chi connectivity index (χ4v) is 2.47. The van der Waals surface area contributed by atoms with E-state index in [-0.39, 0.29) is 5.91 Å². The quantitative estimate of drug-likeness (QED) is 0.675. The Labute approximate surface area is 91.1 Å². The number of amides is 1. The van der Waals surface area contributed by atoms with Gasteiger partial charge in [0.25, 0.3) is 0 Å². The van der Waals surface area contributed by atoms with Crippen LogP contribution in [0.1, 0.15) is 44.9 Å². The summed E-state index contributed by atoms with van der Waals surface area (Å²) in [6.45, 7) is 0. The Morgan fingerprint density at radius 3 is 2.40 bits per heavy atom. The van der Waals surface area contributed by atoms with Gasteiger partial charge in [0.1, 0.15) is 0 Å². The van der Waals surface area contributed by atoms with E-state index in [0.717, 1.165) is 38.5 Å². The lowest BCUT2D eigenvalue weighted by Gasteiger charge is -2.33. The third kappa shape index (κ3) is 2.40. The summed E-state index contributed by atoms with van der Waals surface area (Å²) >= 11 is 0. The zero-order valence-electron chi connectivity index (χ0n) is 9.17. The van der Waals surface area contributed by atoms with Gasteiger partial charge in [0.15, 0.2) is 0 Å². The molecule has 0 aromatic carbocycles. The molecular weight excluding hydrogens is 188 g/mol. The molecule has 3 nitrogen and oxygen atoms in total. The number of rotatable bonds is 2. The van der Waals surface area contributed by atoms with Gasteiger partial charge in [-0.05, 0) is 25.7 Å². The van der Waals surface area contributed by atoms with Gasteiger partial charge in [-0.1, -0.05) is 31.4 Å². The second-order valence-electron chi connectivity index (χ2n) is 4.83. The number of nitrogens with one attached hydrogen (secondary N) is 1. The molecule has 0 heterocycles. The molecule has 3 N–H and O–H groups in total. The van der Waals surface area contributed by atoms with Crippen LogP contribution in [0, 0.1) is 0 Å². The molecule has 0 aliphatic heterocycles. The van der Waals surface area contributed by atoms with E-state index in [0.29, 0.717) is 6.04 Å². The topological polar surface area (TPSA) is 55.1 Å². The van der Waals surface area contributed by atoms with Gasteiger partial charge in [0.05, 0.1) is 5.54 Å². The second kappa shape index (κ2) is 4.35. The van der Waals surface area contributed by atoms with Crippen LogP contribution in [0.3, 0.4) is 0 Å². The van der Waals surface area contributed by atoms with Crippen molar-refractivity contribution in [3.63, 3.8) is 0 Å². The highest BCUT2D eigenvalue weighted by Crippen LogP contribution is 2.26. The SMILES string of the molecule is NC1(C(=O)NC2CC=CC2)CCCCC1. The molecule has 0 radical (unpaired) electrons. The molecule has 0 saturated heterocycles. The third-order valence-electron chi connectivity index (χ3n) is 3.54. The van der Waals surface area contributed by atoms with Crippen molar-refractivity contribution in [2.75, 3.05) is 0 Å². The number of hydrogen-bond donors (Lipinski definition) is 2. The minimum atomic E-state index is -0.582. The zero-order valence-corrected chi connectivity index (χ0v) is 9.17. The lowest BCUT2D eigenvalue weighted by Crippen LogP contribution is -2.56. The molecule has 0 spiro atoms. The van der Waals surface area contributed by atoms with Gasteiger partial charge in [-0.3, -0.25) is 4.79 Å². The van der Waals surface area contributed by atoms with Crippen molar-refractivity contribution in [2.45, 2.75) is 56.5 Å². The molecule has 0 aromatic rings. The summed E-state index contributed by atoms with van der Waals surface area (Å²) in [5.41, 5.74) is 5.57. The molecule has 1 saturated carbocycles. The molecule has 15 heavy (non-hydrogen) atoms. The van der Waals surface area contributed by atoms with Crippen LogP contribution in [-0.2, 0) is 4.79 Å². The van der Waals surface area contributed by atoms with Crippen LogP contribution in [0.2, 0.25) is 0 Å². The average Bonchev–Trinajstić information content (AvgIpc) is 2.71. The molecule has 2 aliphatic rings. The van der Waals surface area contributed by atoms with Crippen molar-refractivity contribution in [3.05, 3.63) is 12.2 Å². The first-order chi connectivity index (χ1) is 7.21. The fourth-order valence-electron chi connectivity index (χ4n) is 2.47. The molecule has 2 rings (SSSR count). The summed E-state index contributed by atoms with van der Waals surface area (Å²) in [7, 11) is 0. The van der Waals surface area contributed by atoms with Gasteiger partial charge in [0, 0.05) is 6.04 Å². The van der Waals surface area contributed by atoms with Crippen LogP contribution in [-0.4, -0.2) is 17.5 Å². The normalized spacial score (nSPS) is 25.4. The van der Waals surface area contributed by atoms with Crippen LogP contribution in [0.5, 0.6) is 0 Å². The highest BCUT2D eigenvalue weighted by Gasteiger charge is 2.36. The molecule has 1 amide bonds. The van der Waals surface area contributed by atoms with Crippen molar-refractivity contribution >= 4 is 5.91 Å². The molecule has 3 heteroatoms. The largest absolute Gasteiger partial charge is 0.351 e. The maximum atomic E-state index is 12.0. The first kappa shape index (κ1) is 10.7. The van der Waals surface area contributed by atoms with E-state index in [1.54, 1.807) is 0 Å². The molecule has 84 valence electrons. The minimum absolute atomic E-state index is 0.0656. The summed E-state index contributed by atoms with van der Waals surface area (Å²) in [5.74, 6) is 0.0656. The van der Waals surface area contributed by atoms with Crippen LogP contribution < -0.4 is 11.1 Å².